The fourth-order valence-corrected chi connectivity index (χ4v) is 3.73. The first-order valence-electron chi connectivity index (χ1n) is 9.85. The van der Waals surface area contributed by atoms with E-state index in [1.807, 2.05) is 12.3 Å². The first-order chi connectivity index (χ1) is 13.3. The highest BCUT2D eigenvalue weighted by atomic mass is 16.1. The normalized spacial score (nSPS) is 17.2. The molecule has 1 amide bonds. The maximum Gasteiger partial charge on any atom is 0.270 e. The van der Waals surface area contributed by atoms with E-state index >= 15 is 0 Å². The minimum Gasteiger partial charge on any atom is -0.357 e. The van der Waals surface area contributed by atoms with Crippen molar-refractivity contribution in [3.63, 3.8) is 0 Å². The monoisotopic (exact) mass is 366 g/mol. The minimum atomic E-state index is -0.171. The first kappa shape index (κ1) is 17.7. The van der Waals surface area contributed by atoms with E-state index in [4.69, 9.17) is 0 Å². The number of nitrogens with zero attached hydrogens (tertiary/aromatic N) is 5. The number of piperidine rings is 1. The molecule has 7 nitrogen and oxygen atoms in total. The van der Waals surface area contributed by atoms with Crippen molar-refractivity contribution in [2.24, 2.45) is 0 Å². The first-order valence-corrected chi connectivity index (χ1v) is 9.85. The van der Waals surface area contributed by atoms with E-state index in [0.717, 1.165) is 43.4 Å². The molecule has 7 heteroatoms. The van der Waals surface area contributed by atoms with E-state index in [-0.39, 0.29) is 5.91 Å². The lowest BCUT2D eigenvalue weighted by Gasteiger charge is -2.27. The minimum absolute atomic E-state index is 0.171. The van der Waals surface area contributed by atoms with Crippen LogP contribution in [0.3, 0.4) is 0 Å². The van der Waals surface area contributed by atoms with Gasteiger partial charge in [0.2, 0.25) is 0 Å². The maximum atomic E-state index is 12.5. The maximum absolute atomic E-state index is 12.5. The van der Waals surface area contributed by atoms with E-state index in [1.54, 1.807) is 6.07 Å². The summed E-state index contributed by atoms with van der Waals surface area (Å²) in [4.78, 5) is 30.0. The summed E-state index contributed by atoms with van der Waals surface area (Å²) in [6.07, 6.45) is 9.34. The molecule has 0 spiro atoms. The highest BCUT2D eigenvalue weighted by Crippen LogP contribution is 2.19. The average Bonchev–Trinajstić information content (AvgIpc) is 3.28. The van der Waals surface area contributed by atoms with Crippen molar-refractivity contribution in [2.45, 2.75) is 38.6 Å². The predicted octanol–water partition coefficient (Wildman–Crippen LogP) is 2.39. The van der Waals surface area contributed by atoms with Gasteiger partial charge in [-0.15, -0.1) is 0 Å². The molecule has 0 radical (unpaired) electrons. The van der Waals surface area contributed by atoms with Crippen LogP contribution in [0, 0.1) is 0 Å². The van der Waals surface area contributed by atoms with Gasteiger partial charge in [-0.3, -0.25) is 4.79 Å². The zero-order valence-corrected chi connectivity index (χ0v) is 15.6. The van der Waals surface area contributed by atoms with Crippen LogP contribution in [-0.2, 0) is 6.54 Å². The van der Waals surface area contributed by atoms with Crippen LogP contribution in [-0.4, -0.2) is 47.0 Å². The zero-order valence-electron chi connectivity index (χ0n) is 15.6. The van der Waals surface area contributed by atoms with Crippen LogP contribution >= 0.6 is 0 Å². The van der Waals surface area contributed by atoms with Gasteiger partial charge in [0.1, 0.15) is 23.7 Å². The quantitative estimate of drug-likeness (QED) is 0.876. The highest BCUT2D eigenvalue weighted by Gasteiger charge is 2.16. The lowest BCUT2D eigenvalue weighted by Crippen LogP contribution is -2.31. The van der Waals surface area contributed by atoms with Crippen molar-refractivity contribution < 1.29 is 4.79 Å². The van der Waals surface area contributed by atoms with Crippen molar-refractivity contribution in [2.75, 3.05) is 36.0 Å². The fourth-order valence-electron chi connectivity index (χ4n) is 3.73. The summed E-state index contributed by atoms with van der Waals surface area (Å²) in [5, 5.41) is 2.97. The summed E-state index contributed by atoms with van der Waals surface area (Å²) in [5.74, 6) is 1.67. The van der Waals surface area contributed by atoms with E-state index in [2.05, 4.69) is 36.1 Å². The number of carbonyl (C=O) groups excluding carboxylic acids is 1. The van der Waals surface area contributed by atoms with Gasteiger partial charge in [-0.25, -0.2) is 15.0 Å². The molecule has 0 bridgehead atoms. The Morgan fingerprint density at radius 2 is 1.56 bits per heavy atom. The Hall–Kier alpha value is -2.70. The Labute approximate surface area is 159 Å². The van der Waals surface area contributed by atoms with Gasteiger partial charge in [-0.05, 0) is 49.8 Å². The van der Waals surface area contributed by atoms with Crippen molar-refractivity contribution >= 4 is 17.5 Å². The summed E-state index contributed by atoms with van der Waals surface area (Å²) < 4.78 is 0. The van der Waals surface area contributed by atoms with Gasteiger partial charge in [0.25, 0.3) is 5.91 Å². The summed E-state index contributed by atoms with van der Waals surface area (Å²) >= 11 is 0. The summed E-state index contributed by atoms with van der Waals surface area (Å²) in [7, 11) is 0. The van der Waals surface area contributed by atoms with Gasteiger partial charge in [0.05, 0.1) is 0 Å². The molecule has 0 aromatic carbocycles. The topological polar surface area (TPSA) is 74.2 Å². The van der Waals surface area contributed by atoms with Crippen LogP contribution in [0.2, 0.25) is 0 Å². The SMILES string of the molecule is O=C(NCc1ccnc(N2CCCC2)c1)c1cc(N2CCCCC2)ncn1. The number of amides is 1. The van der Waals surface area contributed by atoms with Crippen LogP contribution in [0.5, 0.6) is 0 Å². The molecule has 0 saturated carbocycles. The molecule has 1 N–H and O–H groups in total. The molecular formula is C20H26N6O. The van der Waals surface area contributed by atoms with Gasteiger partial charge < -0.3 is 15.1 Å². The summed E-state index contributed by atoms with van der Waals surface area (Å²) in [6.45, 7) is 4.57. The van der Waals surface area contributed by atoms with Gasteiger partial charge in [0, 0.05) is 45.0 Å². The number of anilines is 2. The third-order valence-electron chi connectivity index (χ3n) is 5.26. The Morgan fingerprint density at radius 1 is 0.889 bits per heavy atom. The van der Waals surface area contributed by atoms with Crippen LogP contribution in [0.15, 0.2) is 30.7 Å². The van der Waals surface area contributed by atoms with E-state index in [9.17, 15) is 4.79 Å². The lowest BCUT2D eigenvalue weighted by molar-refractivity contribution is 0.0945. The van der Waals surface area contributed by atoms with Crippen LogP contribution < -0.4 is 15.1 Å². The van der Waals surface area contributed by atoms with Crippen LogP contribution in [0.4, 0.5) is 11.6 Å². The van der Waals surface area contributed by atoms with Crippen molar-refractivity contribution in [1.82, 2.24) is 20.3 Å². The van der Waals surface area contributed by atoms with Crippen molar-refractivity contribution in [1.29, 1.82) is 0 Å². The van der Waals surface area contributed by atoms with Crippen LogP contribution in [0.25, 0.3) is 0 Å². The molecule has 2 aliphatic heterocycles. The highest BCUT2D eigenvalue weighted by molar-refractivity contribution is 5.92. The molecule has 142 valence electrons. The number of hydrogen-bond acceptors (Lipinski definition) is 6. The standard InChI is InChI=1S/C20H26N6O/c27-20(17-13-19(24-15-23-17)26-8-2-1-3-9-26)22-14-16-6-7-21-18(12-16)25-10-4-5-11-25/h6-7,12-13,15H,1-5,8-11,14H2,(H,22,27). The molecule has 2 aromatic rings. The van der Waals surface area contributed by atoms with Crippen molar-refractivity contribution in [3.8, 4) is 0 Å². The average molecular weight is 366 g/mol. The second-order valence-electron chi connectivity index (χ2n) is 7.21. The molecule has 4 rings (SSSR count). The predicted molar refractivity (Wildman–Crippen MR) is 105 cm³/mol. The Bertz CT molecular complexity index is 784. The molecule has 2 aliphatic rings. The second-order valence-corrected chi connectivity index (χ2v) is 7.21. The summed E-state index contributed by atoms with van der Waals surface area (Å²) in [5.41, 5.74) is 1.46. The Balaban J connectivity index is 1.38. The second kappa shape index (κ2) is 8.33. The van der Waals surface area contributed by atoms with E-state index < -0.39 is 0 Å². The molecular weight excluding hydrogens is 340 g/mol. The summed E-state index contributed by atoms with van der Waals surface area (Å²) in [6, 6.07) is 5.80. The third-order valence-corrected chi connectivity index (χ3v) is 5.26. The van der Waals surface area contributed by atoms with E-state index in [1.165, 1.54) is 38.4 Å². The smallest absolute Gasteiger partial charge is 0.270 e. The van der Waals surface area contributed by atoms with Crippen LogP contribution in [0.1, 0.15) is 48.2 Å². The number of carbonyl (C=O) groups is 1. The third kappa shape index (κ3) is 4.35. The molecule has 0 unspecified atom stereocenters. The van der Waals surface area contributed by atoms with Gasteiger partial charge in [-0.2, -0.15) is 0 Å². The zero-order chi connectivity index (χ0) is 18.5. The molecule has 2 saturated heterocycles. The molecule has 27 heavy (non-hydrogen) atoms. The number of nitrogens with one attached hydrogen (secondary N) is 1. The number of hydrogen-bond donors (Lipinski definition) is 1. The molecule has 2 aromatic heterocycles. The Morgan fingerprint density at radius 3 is 2.30 bits per heavy atom. The molecule has 0 atom stereocenters. The lowest BCUT2D eigenvalue weighted by atomic mass is 10.1. The van der Waals surface area contributed by atoms with Crippen molar-refractivity contribution in [3.05, 3.63) is 42.0 Å². The van der Waals surface area contributed by atoms with Gasteiger partial charge >= 0.3 is 0 Å². The number of pyridine rings is 1. The molecule has 4 heterocycles. The fraction of sp³-hybridized carbons (Fsp3) is 0.500. The largest absolute Gasteiger partial charge is 0.357 e. The number of rotatable bonds is 5. The van der Waals surface area contributed by atoms with Gasteiger partial charge in [-0.1, -0.05) is 0 Å². The Kier molecular flexibility index (Phi) is 5.46. The number of aromatic nitrogens is 3. The van der Waals surface area contributed by atoms with Gasteiger partial charge in [0.15, 0.2) is 0 Å². The molecule has 2 fully saturated rings. The van der Waals surface area contributed by atoms with E-state index in [0.29, 0.717) is 12.2 Å². The molecule has 0 aliphatic carbocycles.